The van der Waals surface area contributed by atoms with Gasteiger partial charge in [0.1, 0.15) is 6.10 Å². The zero-order chi connectivity index (χ0) is 12.3. The number of hydrogen-bond donors (Lipinski definition) is 1. The van der Waals surface area contributed by atoms with Gasteiger partial charge in [-0.15, -0.1) is 0 Å². The summed E-state index contributed by atoms with van der Waals surface area (Å²) in [6.45, 7) is 1.70. The first kappa shape index (κ1) is 12.1. The van der Waals surface area contributed by atoms with Crippen LogP contribution < -0.4 is 10.1 Å². The van der Waals surface area contributed by atoms with Crippen LogP contribution >= 0.6 is 11.6 Å². The molecule has 1 heterocycles. The molecular weight excluding hydrogens is 244 g/mol. The molecule has 1 aromatic rings. The summed E-state index contributed by atoms with van der Waals surface area (Å²) in [5, 5.41) is 14.4. The van der Waals surface area contributed by atoms with Crippen molar-refractivity contribution >= 4 is 17.3 Å². The Morgan fingerprint density at radius 1 is 1.53 bits per heavy atom. The van der Waals surface area contributed by atoms with Gasteiger partial charge < -0.3 is 10.1 Å². The molecule has 1 fully saturated rings. The molecule has 1 aromatic carbocycles. The van der Waals surface area contributed by atoms with E-state index in [1.165, 1.54) is 6.07 Å². The average Bonchev–Trinajstić information content (AvgIpc) is 2.32. The van der Waals surface area contributed by atoms with Crippen molar-refractivity contribution in [3.8, 4) is 5.75 Å². The quantitative estimate of drug-likeness (QED) is 0.666. The van der Waals surface area contributed by atoms with E-state index in [0.29, 0.717) is 5.02 Å². The largest absolute Gasteiger partial charge is 0.482 e. The van der Waals surface area contributed by atoms with Gasteiger partial charge in [0, 0.05) is 17.6 Å². The van der Waals surface area contributed by atoms with Gasteiger partial charge in [-0.2, -0.15) is 0 Å². The maximum atomic E-state index is 10.9. The lowest BCUT2D eigenvalue weighted by Gasteiger charge is -2.23. The number of halogens is 1. The predicted molar refractivity (Wildman–Crippen MR) is 64.6 cm³/mol. The van der Waals surface area contributed by atoms with Crippen molar-refractivity contribution in [1.82, 2.24) is 5.32 Å². The Balaban J connectivity index is 2.16. The number of rotatable bonds is 3. The first-order valence-electron chi connectivity index (χ1n) is 5.48. The van der Waals surface area contributed by atoms with Crippen molar-refractivity contribution in [2.45, 2.75) is 18.9 Å². The van der Waals surface area contributed by atoms with E-state index in [9.17, 15) is 10.1 Å². The zero-order valence-corrected chi connectivity index (χ0v) is 9.94. The summed E-state index contributed by atoms with van der Waals surface area (Å²) in [5.74, 6) is 0.285. The molecule has 1 N–H and O–H groups in total. The highest BCUT2D eigenvalue weighted by atomic mass is 35.5. The highest BCUT2D eigenvalue weighted by Crippen LogP contribution is 2.31. The molecule has 5 nitrogen and oxygen atoms in total. The van der Waals surface area contributed by atoms with Crippen LogP contribution in [0.1, 0.15) is 12.8 Å². The third-order valence-corrected chi connectivity index (χ3v) is 2.90. The van der Waals surface area contributed by atoms with E-state index in [4.69, 9.17) is 16.3 Å². The molecule has 2 rings (SSSR count). The second kappa shape index (κ2) is 5.33. The third-order valence-electron chi connectivity index (χ3n) is 2.66. The number of ether oxygens (including phenoxy) is 1. The van der Waals surface area contributed by atoms with E-state index in [0.717, 1.165) is 25.9 Å². The van der Waals surface area contributed by atoms with Crippen molar-refractivity contribution in [2.75, 3.05) is 13.1 Å². The van der Waals surface area contributed by atoms with Crippen molar-refractivity contribution < 1.29 is 9.66 Å². The number of piperidine rings is 1. The van der Waals surface area contributed by atoms with Crippen LogP contribution in [0.25, 0.3) is 0 Å². The van der Waals surface area contributed by atoms with Crippen LogP contribution in [0.15, 0.2) is 18.2 Å². The van der Waals surface area contributed by atoms with Gasteiger partial charge in [0.05, 0.1) is 4.92 Å². The lowest BCUT2D eigenvalue weighted by atomic mass is 10.1. The molecular formula is C11H13ClN2O3. The summed E-state index contributed by atoms with van der Waals surface area (Å²) in [6, 6.07) is 4.46. The minimum Gasteiger partial charge on any atom is -0.482 e. The molecule has 0 aliphatic carbocycles. The van der Waals surface area contributed by atoms with Crippen LogP contribution in [0, 0.1) is 10.1 Å². The second-order valence-corrected chi connectivity index (χ2v) is 4.39. The standard InChI is InChI=1S/C11H13ClN2O3/c12-8-3-4-11(10(6-8)14(15)16)17-9-2-1-5-13-7-9/h3-4,6,9,13H,1-2,5,7H2. The fraction of sp³-hybridized carbons (Fsp3) is 0.455. The van der Waals surface area contributed by atoms with Gasteiger partial charge in [-0.3, -0.25) is 10.1 Å². The van der Waals surface area contributed by atoms with Crippen molar-refractivity contribution in [1.29, 1.82) is 0 Å². The van der Waals surface area contributed by atoms with Crippen LogP contribution in [-0.2, 0) is 0 Å². The molecule has 1 atom stereocenters. The van der Waals surface area contributed by atoms with Gasteiger partial charge in [0.25, 0.3) is 0 Å². The van der Waals surface area contributed by atoms with Crippen LogP contribution in [0.4, 0.5) is 5.69 Å². The van der Waals surface area contributed by atoms with E-state index >= 15 is 0 Å². The van der Waals surface area contributed by atoms with Crippen LogP contribution in [0.2, 0.25) is 5.02 Å². The summed E-state index contributed by atoms with van der Waals surface area (Å²) in [4.78, 5) is 10.4. The molecule has 1 saturated heterocycles. The first-order valence-corrected chi connectivity index (χ1v) is 5.86. The Bertz CT molecular complexity index is 419. The molecule has 6 heteroatoms. The van der Waals surface area contributed by atoms with Gasteiger partial charge in [-0.05, 0) is 31.5 Å². The SMILES string of the molecule is O=[N+]([O-])c1cc(Cl)ccc1OC1CCCNC1. The normalized spacial score (nSPS) is 19.9. The number of nitro groups is 1. The van der Waals surface area contributed by atoms with E-state index in [1.807, 2.05) is 0 Å². The van der Waals surface area contributed by atoms with E-state index in [1.54, 1.807) is 12.1 Å². The van der Waals surface area contributed by atoms with Crippen LogP contribution in [0.5, 0.6) is 5.75 Å². The fourth-order valence-corrected chi connectivity index (χ4v) is 2.00. The summed E-state index contributed by atoms with van der Waals surface area (Å²) in [7, 11) is 0. The summed E-state index contributed by atoms with van der Waals surface area (Å²) >= 11 is 5.73. The number of nitro benzene ring substituents is 1. The van der Waals surface area contributed by atoms with Crippen molar-refractivity contribution in [3.63, 3.8) is 0 Å². The minimum atomic E-state index is -0.475. The molecule has 0 radical (unpaired) electrons. The molecule has 0 amide bonds. The van der Waals surface area contributed by atoms with Gasteiger partial charge >= 0.3 is 5.69 Å². The van der Waals surface area contributed by atoms with Crippen molar-refractivity contribution in [3.05, 3.63) is 33.3 Å². The fourth-order valence-electron chi connectivity index (χ4n) is 1.83. The molecule has 1 unspecified atom stereocenters. The molecule has 0 bridgehead atoms. The molecule has 0 aromatic heterocycles. The van der Waals surface area contributed by atoms with Gasteiger partial charge in [-0.25, -0.2) is 0 Å². The monoisotopic (exact) mass is 256 g/mol. The Morgan fingerprint density at radius 2 is 2.35 bits per heavy atom. The predicted octanol–water partition coefficient (Wildman–Crippen LogP) is 2.38. The Labute approximate surface area is 104 Å². The molecule has 0 spiro atoms. The topological polar surface area (TPSA) is 64.4 Å². The van der Waals surface area contributed by atoms with E-state index in [2.05, 4.69) is 5.32 Å². The molecule has 17 heavy (non-hydrogen) atoms. The second-order valence-electron chi connectivity index (χ2n) is 3.96. The van der Waals surface area contributed by atoms with E-state index < -0.39 is 4.92 Å². The maximum absolute atomic E-state index is 10.9. The summed E-state index contributed by atoms with van der Waals surface area (Å²) in [5.41, 5.74) is -0.0805. The number of hydrogen-bond acceptors (Lipinski definition) is 4. The molecule has 1 aliphatic heterocycles. The number of nitrogens with zero attached hydrogens (tertiary/aromatic N) is 1. The minimum absolute atomic E-state index is 0.0105. The molecule has 0 saturated carbocycles. The van der Waals surface area contributed by atoms with Crippen molar-refractivity contribution in [2.24, 2.45) is 0 Å². The van der Waals surface area contributed by atoms with Crippen LogP contribution in [-0.4, -0.2) is 24.1 Å². The molecule has 1 aliphatic rings. The highest BCUT2D eigenvalue weighted by Gasteiger charge is 2.21. The lowest BCUT2D eigenvalue weighted by Crippen LogP contribution is -2.37. The number of nitrogens with one attached hydrogen (secondary N) is 1. The summed E-state index contributed by atoms with van der Waals surface area (Å²) in [6.07, 6.45) is 1.92. The third kappa shape index (κ3) is 3.08. The highest BCUT2D eigenvalue weighted by molar-refractivity contribution is 6.30. The lowest BCUT2D eigenvalue weighted by molar-refractivity contribution is -0.386. The zero-order valence-electron chi connectivity index (χ0n) is 9.19. The number of benzene rings is 1. The average molecular weight is 257 g/mol. The maximum Gasteiger partial charge on any atom is 0.312 e. The molecule has 92 valence electrons. The Kier molecular flexibility index (Phi) is 3.81. The van der Waals surface area contributed by atoms with Gasteiger partial charge in [0.15, 0.2) is 5.75 Å². The Hall–Kier alpha value is -1.33. The van der Waals surface area contributed by atoms with Gasteiger partial charge in [-0.1, -0.05) is 11.6 Å². The first-order chi connectivity index (χ1) is 8.16. The van der Waals surface area contributed by atoms with E-state index in [-0.39, 0.29) is 17.5 Å². The summed E-state index contributed by atoms with van der Waals surface area (Å²) < 4.78 is 5.64. The smallest absolute Gasteiger partial charge is 0.312 e. The van der Waals surface area contributed by atoms with Crippen LogP contribution in [0.3, 0.4) is 0 Å². The van der Waals surface area contributed by atoms with Gasteiger partial charge in [0.2, 0.25) is 0 Å². The Morgan fingerprint density at radius 3 is 3.00 bits per heavy atom.